The van der Waals surface area contributed by atoms with Crippen molar-refractivity contribution in [1.29, 1.82) is 5.26 Å². The number of carbonyl (C=O) groups is 1. The van der Waals surface area contributed by atoms with Crippen molar-refractivity contribution in [1.82, 2.24) is 24.8 Å². The number of fused-ring (bicyclic) bond motifs is 1. The van der Waals surface area contributed by atoms with Gasteiger partial charge < -0.3 is 4.74 Å². The van der Waals surface area contributed by atoms with Crippen molar-refractivity contribution in [3.05, 3.63) is 103 Å². The molecule has 38 heavy (non-hydrogen) atoms. The molecule has 1 amide bonds. The van der Waals surface area contributed by atoms with E-state index in [0.717, 1.165) is 15.6 Å². The van der Waals surface area contributed by atoms with E-state index in [0.29, 0.717) is 33.5 Å². The molecule has 5 aromatic rings. The number of rotatable bonds is 8. The second kappa shape index (κ2) is 11.1. The maximum absolute atomic E-state index is 12.6. The van der Waals surface area contributed by atoms with Crippen LogP contribution < -0.4 is 15.6 Å². The Balaban J connectivity index is 1.20. The molecule has 0 atom stereocenters. The van der Waals surface area contributed by atoms with Crippen molar-refractivity contribution in [2.75, 3.05) is 5.32 Å². The van der Waals surface area contributed by atoms with Gasteiger partial charge in [-0.15, -0.1) is 10.2 Å². The number of ether oxygens (including phenoxy) is 1. The van der Waals surface area contributed by atoms with E-state index in [-0.39, 0.29) is 17.7 Å². The van der Waals surface area contributed by atoms with Crippen LogP contribution >= 0.6 is 22.7 Å². The van der Waals surface area contributed by atoms with Crippen LogP contribution in [-0.2, 0) is 17.8 Å². The summed E-state index contributed by atoms with van der Waals surface area (Å²) in [5.41, 5.74) is 1.89. The SMILES string of the molecule is Cc1nn2c(=O)cc(COc3ccc(/C=C(/C#N)C(=O)Nc4nnc(Cc5ccccc5)s4)cc3)nc2s1. The second-order valence-corrected chi connectivity index (χ2v) is 10.3. The Morgan fingerprint density at radius 2 is 1.92 bits per heavy atom. The number of nitrogens with zero attached hydrogens (tertiary/aromatic N) is 6. The maximum Gasteiger partial charge on any atom is 0.275 e. The zero-order chi connectivity index (χ0) is 26.5. The predicted octanol–water partition coefficient (Wildman–Crippen LogP) is 4.03. The maximum atomic E-state index is 12.6. The first-order chi connectivity index (χ1) is 18.5. The van der Waals surface area contributed by atoms with Gasteiger partial charge in [0.15, 0.2) is 0 Å². The third kappa shape index (κ3) is 5.97. The molecule has 10 nitrogen and oxygen atoms in total. The zero-order valence-corrected chi connectivity index (χ0v) is 21.6. The number of hydrogen-bond donors (Lipinski definition) is 1. The minimum Gasteiger partial charge on any atom is -0.487 e. The number of aromatic nitrogens is 5. The van der Waals surface area contributed by atoms with E-state index in [4.69, 9.17) is 4.74 Å². The minimum atomic E-state index is -0.568. The summed E-state index contributed by atoms with van der Waals surface area (Å²) in [4.78, 5) is 29.7. The average Bonchev–Trinajstić information content (AvgIpc) is 3.52. The third-order valence-electron chi connectivity index (χ3n) is 5.23. The lowest BCUT2D eigenvalue weighted by Gasteiger charge is -2.06. The molecule has 3 aromatic heterocycles. The van der Waals surface area contributed by atoms with Crippen molar-refractivity contribution >= 4 is 44.7 Å². The molecule has 5 rings (SSSR count). The summed E-state index contributed by atoms with van der Waals surface area (Å²) < 4.78 is 7.02. The first-order valence-electron chi connectivity index (χ1n) is 11.4. The van der Waals surface area contributed by atoms with Gasteiger partial charge in [0, 0.05) is 12.5 Å². The first kappa shape index (κ1) is 24.9. The summed E-state index contributed by atoms with van der Waals surface area (Å²) in [6, 6.07) is 20.0. The van der Waals surface area contributed by atoms with Crippen molar-refractivity contribution in [2.45, 2.75) is 20.0 Å². The highest BCUT2D eigenvalue weighted by Crippen LogP contribution is 2.20. The Labute approximate surface area is 224 Å². The normalized spacial score (nSPS) is 11.3. The topological polar surface area (TPSA) is 135 Å². The van der Waals surface area contributed by atoms with Gasteiger partial charge in [0.2, 0.25) is 10.1 Å². The van der Waals surface area contributed by atoms with E-state index < -0.39 is 5.91 Å². The first-order valence-corrected chi connectivity index (χ1v) is 13.0. The van der Waals surface area contributed by atoms with Crippen LogP contribution in [0.3, 0.4) is 0 Å². The van der Waals surface area contributed by atoms with Crippen LogP contribution in [0.5, 0.6) is 5.75 Å². The fraction of sp³-hybridized carbons (Fsp3) is 0.115. The van der Waals surface area contributed by atoms with Crippen LogP contribution in [0, 0.1) is 18.3 Å². The number of hydrogen-bond acceptors (Lipinski definition) is 10. The molecule has 0 saturated heterocycles. The Bertz CT molecular complexity index is 1730. The van der Waals surface area contributed by atoms with E-state index in [2.05, 4.69) is 25.6 Å². The molecular weight excluding hydrogens is 522 g/mol. The van der Waals surface area contributed by atoms with Crippen LogP contribution in [0.2, 0.25) is 0 Å². The quantitative estimate of drug-likeness (QED) is 0.230. The Morgan fingerprint density at radius 3 is 2.68 bits per heavy atom. The number of benzene rings is 2. The van der Waals surface area contributed by atoms with Crippen molar-refractivity contribution in [3.63, 3.8) is 0 Å². The summed E-state index contributed by atoms with van der Waals surface area (Å²) >= 11 is 2.59. The van der Waals surface area contributed by atoms with Gasteiger partial charge >= 0.3 is 0 Å². The van der Waals surface area contributed by atoms with Gasteiger partial charge in [0.1, 0.15) is 34.0 Å². The molecular formula is C26H19N7O3S2. The molecule has 0 spiro atoms. The monoisotopic (exact) mass is 541 g/mol. The highest BCUT2D eigenvalue weighted by Gasteiger charge is 2.13. The lowest BCUT2D eigenvalue weighted by molar-refractivity contribution is -0.112. The molecule has 0 fully saturated rings. The van der Waals surface area contributed by atoms with E-state index in [9.17, 15) is 14.9 Å². The van der Waals surface area contributed by atoms with E-state index in [1.807, 2.05) is 43.3 Å². The highest BCUT2D eigenvalue weighted by molar-refractivity contribution is 7.16. The number of amides is 1. The fourth-order valence-electron chi connectivity index (χ4n) is 3.47. The molecule has 3 heterocycles. The van der Waals surface area contributed by atoms with Crippen LogP contribution in [0.4, 0.5) is 5.13 Å². The molecule has 12 heteroatoms. The summed E-state index contributed by atoms with van der Waals surface area (Å²) in [7, 11) is 0. The van der Waals surface area contributed by atoms with Gasteiger partial charge in [-0.1, -0.05) is 65.1 Å². The Kier molecular flexibility index (Phi) is 7.30. The number of nitrogens with one attached hydrogen (secondary N) is 1. The molecule has 0 aliphatic rings. The van der Waals surface area contributed by atoms with Crippen molar-refractivity contribution in [3.8, 4) is 11.8 Å². The second-order valence-electron chi connectivity index (χ2n) is 8.05. The molecule has 0 saturated carbocycles. The zero-order valence-electron chi connectivity index (χ0n) is 20.0. The van der Waals surface area contributed by atoms with Gasteiger partial charge in [-0.3, -0.25) is 14.9 Å². The number of carbonyl (C=O) groups excluding carboxylic acids is 1. The van der Waals surface area contributed by atoms with Gasteiger partial charge in [0.05, 0.1) is 5.69 Å². The van der Waals surface area contributed by atoms with Gasteiger partial charge in [0.25, 0.3) is 11.5 Å². The smallest absolute Gasteiger partial charge is 0.275 e. The van der Waals surface area contributed by atoms with Crippen molar-refractivity contribution in [2.24, 2.45) is 0 Å². The van der Waals surface area contributed by atoms with Crippen LogP contribution in [0.1, 0.15) is 26.8 Å². The molecule has 2 aromatic carbocycles. The third-order valence-corrected chi connectivity index (χ3v) is 6.89. The summed E-state index contributed by atoms with van der Waals surface area (Å²) in [5.74, 6) is -0.0197. The van der Waals surface area contributed by atoms with Crippen LogP contribution in [0.25, 0.3) is 11.0 Å². The van der Waals surface area contributed by atoms with Crippen LogP contribution in [-0.4, -0.2) is 30.7 Å². The van der Waals surface area contributed by atoms with Crippen LogP contribution in [0.15, 0.2) is 71.0 Å². The van der Waals surface area contributed by atoms with Gasteiger partial charge in [-0.05, 0) is 36.3 Å². The summed E-state index contributed by atoms with van der Waals surface area (Å²) in [6.45, 7) is 1.92. The lowest BCUT2D eigenvalue weighted by Crippen LogP contribution is -2.16. The number of aryl methyl sites for hydroxylation is 1. The molecule has 0 bridgehead atoms. The van der Waals surface area contributed by atoms with E-state index in [1.54, 1.807) is 24.3 Å². The minimum absolute atomic E-state index is 0.0729. The Morgan fingerprint density at radius 1 is 1.13 bits per heavy atom. The number of nitriles is 1. The van der Waals surface area contributed by atoms with Gasteiger partial charge in [-0.2, -0.15) is 14.9 Å². The standard InChI is InChI=1S/C26H19N7O3S2/c1-16-32-33-23(34)13-20(28-26(33)37-16)15-36-21-9-7-18(8-10-21)11-19(14-27)24(35)29-25-31-30-22(38-25)12-17-5-3-2-4-6-17/h2-11,13H,12,15H2,1H3,(H,29,31,35)/b19-11-. The predicted molar refractivity (Wildman–Crippen MR) is 144 cm³/mol. The number of anilines is 1. The highest BCUT2D eigenvalue weighted by atomic mass is 32.1. The fourth-order valence-corrected chi connectivity index (χ4v) is 5.01. The Hall–Kier alpha value is -4.73. The molecule has 0 radical (unpaired) electrons. The summed E-state index contributed by atoms with van der Waals surface area (Å²) in [6.07, 6.45) is 2.09. The van der Waals surface area contributed by atoms with Crippen molar-refractivity contribution < 1.29 is 9.53 Å². The van der Waals surface area contributed by atoms with E-state index in [1.165, 1.54) is 39.3 Å². The molecule has 0 unspecified atom stereocenters. The molecule has 0 aliphatic carbocycles. The molecule has 1 N–H and O–H groups in total. The molecule has 0 aliphatic heterocycles. The average molecular weight is 542 g/mol. The summed E-state index contributed by atoms with van der Waals surface area (Å²) in [5, 5.41) is 26.2. The molecule has 188 valence electrons. The van der Waals surface area contributed by atoms with E-state index >= 15 is 0 Å². The lowest BCUT2D eigenvalue weighted by atomic mass is 10.1. The van der Waals surface area contributed by atoms with Gasteiger partial charge in [-0.25, -0.2) is 4.98 Å². The largest absolute Gasteiger partial charge is 0.487 e.